The summed E-state index contributed by atoms with van der Waals surface area (Å²) in [5.41, 5.74) is 1.82. The lowest BCUT2D eigenvalue weighted by atomic mass is 9.99. The number of nitrogens with one attached hydrogen (secondary N) is 1. The number of sulfonamides is 1. The maximum Gasteiger partial charge on any atom is 0.244 e. The third kappa shape index (κ3) is 4.86. The van der Waals surface area contributed by atoms with Gasteiger partial charge in [-0.15, -0.1) is 0 Å². The molecule has 0 fully saturated rings. The van der Waals surface area contributed by atoms with E-state index in [0.717, 1.165) is 39.9 Å². The van der Waals surface area contributed by atoms with E-state index in [1.807, 2.05) is 38.1 Å². The molecule has 8 heteroatoms. The van der Waals surface area contributed by atoms with Gasteiger partial charge in [-0.3, -0.25) is 9.10 Å². The Morgan fingerprint density at radius 3 is 2.32 bits per heavy atom. The number of hydrogen-bond donors (Lipinski definition) is 1. The Balaban J connectivity index is 2.33. The number of anilines is 1. The van der Waals surface area contributed by atoms with Gasteiger partial charge in [0.1, 0.15) is 6.04 Å². The Bertz CT molecular complexity index is 964. The van der Waals surface area contributed by atoms with E-state index in [9.17, 15) is 22.0 Å². The lowest BCUT2D eigenvalue weighted by molar-refractivity contribution is -0.122. The second-order valence-corrected chi connectivity index (χ2v) is 8.52. The molecular weight excluding hydrogens is 386 g/mol. The minimum atomic E-state index is -3.92. The number of hydrogen-bond acceptors (Lipinski definition) is 3. The van der Waals surface area contributed by atoms with Crippen LogP contribution in [0.25, 0.3) is 0 Å². The van der Waals surface area contributed by atoms with Gasteiger partial charge in [0.05, 0.1) is 18.0 Å². The van der Waals surface area contributed by atoms with Crippen LogP contribution in [0.5, 0.6) is 0 Å². The van der Waals surface area contributed by atoms with Crippen molar-refractivity contribution in [2.45, 2.75) is 39.3 Å². The normalized spacial score (nSPS) is 13.6. The highest BCUT2D eigenvalue weighted by Crippen LogP contribution is 2.25. The highest BCUT2D eigenvalue weighted by Gasteiger charge is 2.31. The van der Waals surface area contributed by atoms with E-state index in [1.54, 1.807) is 0 Å². The molecule has 0 saturated heterocycles. The molecule has 2 atom stereocenters. The van der Waals surface area contributed by atoms with Crippen LogP contribution in [0.4, 0.5) is 14.5 Å². The van der Waals surface area contributed by atoms with E-state index in [0.29, 0.717) is 6.42 Å². The average molecular weight is 410 g/mol. The molecule has 0 aromatic heterocycles. The Morgan fingerprint density at radius 2 is 1.79 bits per heavy atom. The first-order valence-corrected chi connectivity index (χ1v) is 10.7. The number of carbonyl (C=O) groups excluding carboxylic acids is 1. The molecule has 0 bridgehead atoms. The quantitative estimate of drug-likeness (QED) is 0.757. The summed E-state index contributed by atoms with van der Waals surface area (Å²) < 4.78 is 52.2. The minimum absolute atomic E-state index is 0.118. The largest absolute Gasteiger partial charge is 0.347 e. The summed E-state index contributed by atoms with van der Waals surface area (Å²) >= 11 is 0. The van der Waals surface area contributed by atoms with Crippen LogP contribution in [0.3, 0.4) is 0 Å². The molecule has 152 valence electrons. The molecule has 0 heterocycles. The number of benzene rings is 2. The lowest BCUT2D eigenvalue weighted by Gasteiger charge is -2.30. The topological polar surface area (TPSA) is 66.5 Å². The van der Waals surface area contributed by atoms with Crippen molar-refractivity contribution in [3.8, 4) is 0 Å². The molecule has 1 N–H and O–H groups in total. The lowest BCUT2D eigenvalue weighted by Crippen LogP contribution is -2.48. The summed E-state index contributed by atoms with van der Waals surface area (Å²) in [5, 5.41) is 2.86. The molecule has 5 nitrogen and oxygen atoms in total. The summed E-state index contributed by atoms with van der Waals surface area (Å²) in [6, 6.07) is 8.85. The summed E-state index contributed by atoms with van der Waals surface area (Å²) in [6.45, 7) is 5.24. The maximum absolute atomic E-state index is 13.6. The Labute approximate surface area is 164 Å². The van der Waals surface area contributed by atoms with E-state index in [1.165, 1.54) is 6.92 Å². The van der Waals surface area contributed by atoms with Crippen molar-refractivity contribution < 1.29 is 22.0 Å². The first-order chi connectivity index (χ1) is 13.1. The van der Waals surface area contributed by atoms with Crippen LogP contribution in [0.1, 0.15) is 37.4 Å². The number of aryl methyl sites for hydroxylation is 1. The molecule has 28 heavy (non-hydrogen) atoms. The molecule has 0 aliphatic carbocycles. The number of nitrogens with zero attached hydrogens (tertiary/aromatic N) is 1. The highest BCUT2D eigenvalue weighted by atomic mass is 32.2. The van der Waals surface area contributed by atoms with Crippen molar-refractivity contribution in [3.63, 3.8) is 0 Å². The zero-order valence-electron chi connectivity index (χ0n) is 16.2. The minimum Gasteiger partial charge on any atom is -0.347 e. The third-order valence-electron chi connectivity index (χ3n) is 4.53. The second-order valence-electron chi connectivity index (χ2n) is 6.66. The van der Waals surface area contributed by atoms with Crippen molar-refractivity contribution >= 4 is 21.6 Å². The van der Waals surface area contributed by atoms with Gasteiger partial charge in [-0.2, -0.15) is 0 Å². The van der Waals surface area contributed by atoms with Gasteiger partial charge in [-0.1, -0.05) is 31.2 Å². The van der Waals surface area contributed by atoms with Crippen molar-refractivity contribution in [1.29, 1.82) is 0 Å². The molecule has 0 saturated carbocycles. The van der Waals surface area contributed by atoms with Crippen LogP contribution in [0.2, 0.25) is 0 Å². The fraction of sp³-hybridized carbons (Fsp3) is 0.350. The second kappa shape index (κ2) is 8.68. The first-order valence-electron chi connectivity index (χ1n) is 8.86. The standard InChI is InChI=1S/C20H24F2N2O3S/c1-5-19(16-9-7-6-8-13(16)2)23-20(25)14(3)24(28(4,26)27)15-10-11-17(21)18(22)12-15/h6-12,14,19H,5H2,1-4H3,(H,23,25)/t14-,19-/m1/s1. The van der Waals surface area contributed by atoms with Crippen molar-refractivity contribution in [2.75, 3.05) is 10.6 Å². The van der Waals surface area contributed by atoms with Crippen molar-refractivity contribution in [3.05, 3.63) is 65.2 Å². The molecule has 0 spiro atoms. The summed E-state index contributed by atoms with van der Waals surface area (Å²) in [6.07, 6.45) is 1.52. The average Bonchev–Trinajstić information content (AvgIpc) is 2.62. The van der Waals surface area contributed by atoms with E-state index >= 15 is 0 Å². The monoisotopic (exact) mass is 410 g/mol. The third-order valence-corrected chi connectivity index (χ3v) is 5.78. The number of halogens is 2. The Kier molecular flexibility index (Phi) is 6.77. The van der Waals surface area contributed by atoms with Gasteiger partial charge >= 0.3 is 0 Å². The molecule has 2 aromatic rings. The zero-order chi connectivity index (χ0) is 21.1. The number of rotatable bonds is 7. The van der Waals surface area contributed by atoms with Gasteiger partial charge in [0.25, 0.3) is 0 Å². The van der Waals surface area contributed by atoms with Gasteiger partial charge < -0.3 is 5.32 Å². The summed E-state index contributed by atoms with van der Waals surface area (Å²) in [7, 11) is -3.92. The van der Waals surface area contributed by atoms with Crippen LogP contribution in [0, 0.1) is 18.6 Å². The SMILES string of the molecule is CC[C@@H](NC(=O)[C@@H](C)N(c1ccc(F)c(F)c1)S(C)(=O)=O)c1ccccc1C. The predicted octanol–water partition coefficient (Wildman–Crippen LogP) is 3.70. The summed E-state index contributed by atoms with van der Waals surface area (Å²) in [4.78, 5) is 12.8. The van der Waals surface area contributed by atoms with Gasteiger partial charge in [0.2, 0.25) is 15.9 Å². The van der Waals surface area contributed by atoms with Crippen LogP contribution < -0.4 is 9.62 Å². The van der Waals surface area contributed by atoms with E-state index in [-0.39, 0.29) is 11.7 Å². The van der Waals surface area contributed by atoms with Crippen molar-refractivity contribution in [2.24, 2.45) is 0 Å². The van der Waals surface area contributed by atoms with Gasteiger partial charge in [0.15, 0.2) is 11.6 Å². The highest BCUT2D eigenvalue weighted by molar-refractivity contribution is 7.92. The molecule has 2 rings (SSSR count). The van der Waals surface area contributed by atoms with E-state index in [2.05, 4.69) is 5.32 Å². The van der Waals surface area contributed by atoms with Gasteiger partial charge in [-0.25, -0.2) is 17.2 Å². The molecule has 2 aromatic carbocycles. The molecule has 0 aliphatic heterocycles. The molecule has 1 amide bonds. The van der Waals surface area contributed by atoms with Gasteiger partial charge in [-0.05, 0) is 43.5 Å². The van der Waals surface area contributed by atoms with Crippen LogP contribution >= 0.6 is 0 Å². The maximum atomic E-state index is 13.6. The van der Waals surface area contributed by atoms with Crippen LogP contribution in [-0.4, -0.2) is 26.6 Å². The fourth-order valence-electron chi connectivity index (χ4n) is 3.10. The van der Waals surface area contributed by atoms with Crippen LogP contribution in [0.15, 0.2) is 42.5 Å². The van der Waals surface area contributed by atoms with E-state index < -0.39 is 33.6 Å². The summed E-state index contributed by atoms with van der Waals surface area (Å²) in [5.74, 6) is -2.82. The van der Waals surface area contributed by atoms with Crippen LogP contribution in [-0.2, 0) is 14.8 Å². The van der Waals surface area contributed by atoms with Crippen molar-refractivity contribution in [1.82, 2.24) is 5.32 Å². The fourth-order valence-corrected chi connectivity index (χ4v) is 4.27. The first kappa shape index (κ1) is 21.8. The number of amides is 1. The smallest absolute Gasteiger partial charge is 0.244 e. The molecular formula is C20H24F2N2O3S. The Hall–Kier alpha value is -2.48. The Morgan fingerprint density at radius 1 is 1.14 bits per heavy atom. The predicted molar refractivity (Wildman–Crippen MR) is 105 cm³/mol. The molecule has 0 radical (unpaired) electrons. The number of carbonyl (C=O) groups is 1. The van der Waals surface area contributed by atoms with Gasteiger partial charge in [0, 0.05) is 6.07 Å². The zero-order valence-corrected chi connectivity index (χ0v) is 17.1. The van der Waals surface area contributed by atoms with E-state index in [4.69, 9.17) is 0 Å². The molecule has 0 aliphatic rings. The molecule has 0 unspecified atom stereocenters.